The van der Waals surface area contributed by atoms with Crippen LogP contribution in [0.15, 0.2) is 37.1 Å². The summed E-state index contributed by atoms with van der Waals surface area (Å²) >= 11 is 0. The van der Waals surface area contributed by atoms with Crippen molar-refractivity contribution in [1.82, 2.24) is 5.32 Å². The SMILES string of the molecule is C=CC=C(C=C)NC(N)=O. The molecule has 0 rings (SSSR count). The molecule has 0 heterocycles. The molecule has 3 N–H and O–H groups in total. The van der Waals surface area contributed by atoms with Crippen molar-refractivity contribution in [3.8, 4) is 0 Å². The lowest BCUT2D eigenvalue weighted by atomic mass is 10.4. The van der Waals surface area contributed by atoms with E-state index in [1.165, 1.54) is 12.2 Å². The van der Waals surface area contributed by atoms with Crippen LogP contribution in [0.3, 0.4) is 0 Å². The van der Waals surface area contributed by atoms with Gasteiger partial charge >= 0.3 is 6.03 Å². The molecule has 2 amide bonds. The van der Waals surface area contributed by atoms with Gasteiger partial charge in [0.15, 0.2) is 0 Å². The Morgan fingerprint density at radius 3 is 2.40 bits per heavy atom. The summed E-state index contributed by atoms with van der Waals surface area (Å²) in [6.07, 6.45) is 4.61. The van der Waals surface area contributed by atoms with Gasteiger partial charge in [-0.1, -0.05) is 19.2 Å². The van der Waals surface area contributed by atoms with E-state index < -0.39 is 6.03 Å². The fourth-order valence-corrected chi connectivity index (χ4v) is 0.430. The first-order valence-corrected chi connectivity index (χ1v) is 2.72. The molecule has 0 aliphatic heterocycles. The molecule has 0 saturated carbocycles. The third-order valence-electron chi connectivity index (χ3n) is 0.785. The molecule has 0 aromatic rings. The number of amides is 2. The molecular formula is C7H10N2O. The van der Waals surface area contributed by atoms with Crippen LogP contribution in [-0.4, -0.2) is 6.03 Å². The molecule has 0 aliphatic rings. The van der Waals surface area contributed by atoms with Crippen LogP contribution in [0.2, 0.25) is 0 Å². The van der Waals surface area contributed by atoms with Crippen molar-refractivity contribution >= 4 is 6.03 Å². The van der Waals surface area contributed by atoms with Crippen molar-refractivity contribution in [3.05, 3.63) is 37.1 Å². The highest BCUT2D eigenvalue weighted by Gasteiger charge is 1.91. The summed E-state index contributed by atoms with van der Waals surface area (Å²) in [7, 11) is 0. The van der Waals surface area contributed by atoms with E-state index >= 15 is 0 Å². The number of rotatable bonds is 3. The topological polar surface area (TPSA) is 55.1 Å². The molecule has 0 saturated heterocycles. The van der Waals surface area contributed by atoms with Crippen LogP contribution in [0.25, 0.3) is 0 Å². The van der Waals surface area contributed by atoms with Crippen molar-refractivity contribution in [2.45, 2.75) is 0 Å². The van der Waals surface area contributed by atoms with Crippen LogP contribution in [0.1, 0.15) is 0 Å². The number of primary amides is 1. The Kier molecular flexibility index (Phi) is 3.72. The molecule has 0 unspecified atom stereocenters. The van der Waals surface area contributed by atoms with Crippen molar-refractivity contribution in [1.29, 1.82) is 0 Å². The molecule has 10 heavy (non-hydrogen) atoms. The number of nitrogens with one attached hydrogen (secondary N) is 1. The van der Waals surface area contributed by atoms with E-state index in [1.54, 1.807) is 6.08 Å². The van der Waals surface area contributed by atoms with Gasteiger partial charge in [-0.2, -0.15) is 0 Å². The molecule has 0 aromatic carbocycles. The molecule has 0 aliphatic carbocycles. The maximum atomic E-state index is 10.2. The molecule has 3 nitrogen and oxygen atoms in total. The summed E-state index contributed by atoms with van der Waals surface area (Å²) < 4.78 is 0. The first-order valence-electron chi connectivity index (χ1n) is 2.72. The second-order valence-corrected chi connectivity index (χ2v) is 1.55. The van der Waals surface area contributed by atoms with E-state index in [0.29, 0.717) is 5.70 Å². The van der Waals surface area contributed by atoms with Crippen LogP contribution in [-0.2, 0) is 0 Å². The predicted molar refractivity (Wildman–Crippen MR) is 41.2 cm³/mol. The van der Waals surface area contributed by atoms with Gasteiger partial charge in [0.1, 0.15) is 0 Å². The van der Waals surface area contributed by atoms with Gasteiger partial charge in [-0.15, -0.1) is 0 Å². The Bertz CT molecular complexity index is 182. The van der Waals surface area contributed by atoms with E-state index in [4.69, 9.17) is 5.73 Å². The van der Waals surface area contributed by atoms with E-state index in [-0.39, 0.29) is 0 Å². The molecule has 0 atom stereocenters. The molecule has 0 aromatic heterocycles. The third-order valence-corrected chi connectivity index (χ3v) is 0.785. The summed E-state index contributed by atoms with van der Waals surface area (Å²) in [5.74, 6) is 0. The zero-order valence-corrected chi connectivity index (χ0v) is 5.63. The number of allylic oxidation sites excluding steroid dienone is 3. The second-order valence-electron chi connectivity index (χ2n) is 1.55. The monoisotopic (exact) mass is 138 g/mol. The predicted octanol–water partition coefficient (Wildman–Crippen LogP) is 0.911. The number of nitrogens with two attached hydrogens (primary N) is 1. The number of urea groups is 1. The van der Waals surface area contributed by atoms with E-state index in [0.717, 1.165) is 0 Å². The highest BCUT2D eigenvalue weighted by atomic mass is 16.2. The minimum absolute atomic E-state index is 0.544. The fourth-order valence-electron chi connectivity index (χ4n) is 0.430. The van der Waals surface area contributed by atoms with Gasteiger partial charge in [0.25, 0.3) is 0 Å². The molecule has 0 radical (unpaired) electrons. The van der Waals surface area contributed by atoms with Gasteiger partial charge in [0.05, 0.1) is 0 Å². The van der Waals surface area contributed by atoms with Gasteiger partial charge in [0, 0.05) is 5.70 Å². The van der Waals surface area contributed by atoms with Crippen LogP contribution < -0.4 is 11.1 Å². The van der Waals surface area contributed by atoms with Gasteiger partial charge < -0.3 is 11.1 Å². The van der Waals surface area contributed by atoms with E-state index in [2.05, 4.69) is 18.5 Å². The summed E-state index contributed by atoms with van der Waals surface area (Å²) in [4.78, 5) is 10.2. The van der Waals surface area contributed by atoms with Gasteiger partial charge in [-0.25, -0.2) is 4.79 Å². The molecule has 0 bridgehead atoms. The zero-order chi connectivity index (χ0) is 7.98. The average molecular weight is 138 g/mol. The number of hydrogen-bond donors (Lipinski definition) is 2. The largest absolute Gasteiger partial charge is 0.351 e. The lowest BCUT2D eigenvalue weighted by Crippen LogP contribution is -2.27. The van der Waals surface area contributed by atoms with Crippen molar-refractivity contribution in [2.24, 2.45) is 5.73 Å². The quantitative estimate of drug-likeness (QED) is 0.559. The summed E-state index contributed by atoms with van der Waals surface area (Å²) in [6.45, 7) is 6.89. The van der Waals surface area contributed by atoms with Crippen molar-refractivity contribution < 1.29 is 4.79 Å². The highest BCUT2D eigenvalue weighted by Crippen LogP contribution is 1.88. The molecule has 0 spiro atoms. The Morgan fingerprint density at radius 1 is 1.50 bits per heavy atom. The summed E-state index contributed by atoms with van der Waals surface area (Å²) in [6, 6.07) is -0.604. The van der Waals surface area contributed by atoms with E-state index in [9.17, 15) is 4.79 Å². The Labute approximate surface area is 59.9 Å². The van der Waals surface area contributed by atoms with Gasteiger partial charge in [0.2, 0.25) is 0 Å². The Morgan fingerprint density at radius 2 is 2.10 bits per heavy atom. The standard InChI is InChI=1S/C7H10N2O/c1-3-5-6(4-2)9-7(8)10/h3-5H,1-2H2,(H3,8,9,10). The minimum atomic E-state index is -0.604. The zero-order valence-electron chi connectivity index (χ0n) is 5.63. The van der Waals surface area contributed by atoms with Crippen molar-refractivity contribution in [2.75, 3.05) is 0 Å². The first-order chi connectivity index (χ1) is 4.70. The summed E-state index contributed by atoms with van der Waals surface area (Å²) in [5.41, 5.74) is 5.37. The Balaban J connectivity index is 4.08. The van der Waals surface area contributed by atoms with Gasteiger partial charge in [-0.05, 0) is 12.2 Å². The summed E-state index contributed by atoms with van der Waals surface area (Å²) in [5, 5.41) is 2.34. The third kappa shape index (κ3) is 3.49. The molecule has 54 valence electrons. The molecule has 0 fully saturated rings. The van der Waals surface area contributed by atoms with Crippen LogP contribution >= 0.6 is 0 Å². The van der Waals surface area contributed by atoms with Crippen molar-refractivity contribution in [3.63, 3.8) is 0 Å². The fraction of sp³-hybridized carbons (Fsp3) is 0. The number of carbonyl (C=O) groups excluding carboxylic acids is 1. The van der Waals surface area contributed by atoms with E-state index in [1.807, 2.05) is 0 Å². The highest BCUT2D eigenvalue weighted by molar-refractivity contribution is 5.74. The van der Waals surface area contributed by atoms with Crippen LogP contribution in [0.5, 0.6) is 0 Å². The molecule has 3 heteroatoms. The maximum absolute atomic E-state index is 10.2. The van der Waals surface area contributed by atoms with Crippen LogP contribution in [0, 0.1) is 0 Å². The lowest BCUT2D eigenvalue weighted by molar-refractivity contribution is 0.251. The number of carbonyl (C=O) groups is 1. The Hall–Kier alpha value is -1.51. The maximum Gasteiger partial charge on any atom is 0.316 e. The van der Waals surface area contributed by atoms with Crippen LogP contribution in [0.4, 0.5) is 4.79 Å². The van der Waals surface area contributed by atoms with Gasteiger partial charge in [-0.3, -0.25) is 0 Å². The second kappa shape index (κ2) is 4.38. The normalized spacial score (nSPS) is 10.2. The smallest absolute Gasteiger partial charge is 0.316 e. The average Bonchev–Trinajstić information content (AvgIpc) is 1.86. The lowest BCUT2D eigenvalue weighted by Gasteiger charge is -1.98. The molecular weight excluding hydrogens is 128 g/mol. The number of hydrogen-bond acceptors (Lipinski definition) is 1. The first kappa shape index (κ1) is 8.49. The minimum Gasteiger partial charge on any atom is -0.351 e.